The molecule has 0 radical (unpaired) electrons. The Labute approximate surface area is 106 Å². The van der Waals surface area contributed by atoms with Crippen LogP contribution >= 0.6 is 0 Å². The van der Waals surface area contributed by atoms with Crippen LogP contribution in [0.1, 0.15) is 17.5 Å². The Hall–Kier alpha value is -2.15. The summed E-state index contributed by atoms with van der Waals surface area (Å²) in [6.07, 6.45) is 12.3. The molecule has 1 heteroatoms. The number of fused-ring (bicyclic) bond motifs is 1. The van der Waals surface area contributed by atoms with Gasteiger partial charge in [0.2, 0.25) is 0 Å². The molecule has 0 aromatic heterocycles. The standard InChI is InChI=1S/C17H11N/c1-2-4-13-11(3-1)5-7-17-8-6-14-15(16(13)17)12(9-17)10-18-14/h1-8,10H,9H2. The normalized spacial score (nSPS) is 29.1. The monoisotopic (exact) mass is 229 g/mol. The number of allylic oxidation sites excluding steroid dienone is 6. The van der Waals surface area contributed by atoms with Gasteiger partial charge >= 0.3 is 0 Å². The zero-order chi connectivity index (χ0) is 11.7. The maximum atomic E-state index is 4.52. The van der Waals surface area contributed by atoms with Gasteiger partial charge in [0.1, 0.15) is 0 Å². The van der Waals surface area contributed by atoms with Gasteiger partial charge in [0.15, 0.2) is 0 Å². The summed E-state index contributed by atoms with van der Waals surface area (Å²) >= 11 is 0. The molecule has 1 aliphatic heterocycles. The number of hydrogen-bond donors (Lipinski definition) is 0. The molecule has 3 aliphatic carbocycles. The van der Waals surface area contributed by atoms with Crippen molar-refractivity contribution in [1.29, 1.82) is 0 Å². The molecular formula is C17H11N. The molecule has 84 valence electrons. The fraction of sp³-hybridized carbons (Fsp3) is 0.118. The first-order valence-corrected chi connectivity index (χ1v) is 6.38. The Bertz CT molecular complexity index is 756. The van der Waals surface area contributed by atoms with Crippen LogP contribution in [0.15, 0.2) is 64.8 Å². The minimum atomic E-state index is 0.106. The van der Waals surface area contributed by atoms with Crippen molar-refractivity contribution in [2.24, 2.45) is 10.4 Å². The van der Waals surface area contributed by atoms with Crippen LogP contribution in [0.2, 0.25) is 0 Å². The Morgan fingerprint density at radius 1 is 1.06 bits per heavy atom. The fourth-order valence-corrected chi connectivity index (χ4v) is 3.69. The summed E-state index contributed by atoms with van der Waals surface area (Å²) in [5.41, 5.74) is 8.26. The summed E-state index contributed by atoms with van der Waals surface area (Å²) in [5, 5.41) is 0. The summed E-state index contributed by atoms with van der Waals surface area (Å²) in [5.74, 6) is 0. The van der Waals surface area contributed by atoms with Gasteiger partial charge in [0.25, 0.3) is 0 Å². The summed E-state index contributed by atoms with van der Waals surface area (Å²) in [6.45, 7) is 0. The molecule has 0 saturated carbocycles. The molecular weight excluding hydrogens is 218 g/mol. The van der Waals surface area contributed by atoms with Crippen LogP contribution in [-0.2, 0) is 0 Å². The average Bonchev–Trinajstić information content (AvgIpc) is 2.89. The van der Waals surface area contributed by atoms with Gasteiger partial charge in [-0.3, -0.25) is 4.99 Å². The average molecular weight is 229 g/mol. The van der Waals surface area contributed by atoms with Crippen LogP contribution in [0.5, 0.6) is 0 Å². The van der Waals surface area contributed by atoms with Crippen molar-refractivity contribution in [3.05, 3.63) is 71.0 Å². The third-order valence-electron chi connectivity index (χ3n) is 4.46. The Morgan fingerprint density at radius 3 is 2.94 bits per heavy atom. The molecule has 2 bridgehead atoms. The van der Waals surface area contributed by atoms with Gasteiger partial charge in [0, 0.05) is 17.2 Å². The quantitative estimate of drug-likeness (QED) is 0.642. The smallest absolute Gasteiger partial charge is 0.0706 e. The van der Waals surface area contributed by atoms with Gasteiger partial charge in [0.05, 0.1) is 5.71 Å². The predicted octanol–water partition coefficient (Wildman–Crippen LogP) is 3.77. The van der Waals surface area contributed by atoms with Crippen molar-refractivity contribution in [3.8, 4) is 0 Å². The molecule has 1 nitrogen and oxygen atoms in total. The Balaban J connectivity index is 1.95. The first-order chi connectivity index (χ1) is 8.87. The number of hydrogen-bond acceptors (Lipinski definition) is 1. The first kappa shape index (κ1) is 8.87. The predicted molar refractivity (Wildman–Crippen MR) is 74.1 cm³/mol. The highest BCUT2D eigenvalue weighted by Crippen LogP contribution is 2.59. The highest BCUT2D eigenvalue weighted by molar-refractivity contribution is 6.22. The molecule has 0 saturated heterocycles. The maximum Gasteiger partial charge on any atom is 0.0706 e. The van der Waals surface area contributed by atoms with Crippen molar-refractivity contribution in [1.82, 2.24) is 0 Å². The van der Waals surface area contributed by atoms with E-state index in [1.165, 1.54) is 27.8 Å². The lowest BCUT2D eigenvalue weighted by molar-refractivity contribution is 0.672. The second-order valence-corrected chi connectivity index (χ2v) is 5.39. The molecule has 5 rings (SSSR count). The molecule has 1 atom stereocenters. The number of benzene rings is 1. The van der Waals surface area contributed by atoms with E-state index in [0.717, 1.165) is 12.1 Å². The molecule has 1 aromatic carbocycles. The van der Waals surface area contributed by atoms with Crippen LogP contribution in [0, 0.1) is 5.41 Å². The highest BCUT2D eigenvalue weighted by atomic mass is 14.8. The lowest BCUT2D eigenvalue weighted by Crippen LogP contribution is -2.20. The van der Waals surface area contributed by atoms with E-state index in [1.807, 2.05) is 0 Å². The van der Waals surface area contributed by atoms with Crippen LogP contribution in [0.3, 0.4) is 0 Å². The largest absolute Gasteiger partial charge is 0.256 e. The van der Waals surface area contributed by atoms with Crippen LogP contribution in [0.25, 0.3) is 11.6 Å². The molecule has 4 aliphatic rings. The summed E-state index contributed by atoms with van der Waals surface area (Å²) in [4.78, 5) is 4.52. The maximum absolute atomic E-state index is 4.52. The molecule has 0 spiro atoms. The number of aliphatic imine (C=N–C) groups is 1. The SMILES string of the molecule is C1=CC23C=Cc4ccccc4C2=C2C(=CN=C12)C3. The van der Waals surface area contributed by atoms with Gasteiger partial charge in [-0.2, -0.15) is 0 Å². The van der Waals surface area contributed by atoms with E-state index in [9.17, 15) is 0 Å². The number of rotatable bonds is 0. The summed E-state index contributed by atoms with van der Waals surface area (Å²) in [6, 6.07) is 8.68. The molecule has 18 heavy (non-hydrogen) atoms. The van der Waals surface area contributed by atoms with E-state index in [-0.39, 0.29) is 5.41 Å². The Kier molecular flexibility index (Phi) is 1.30. The third kappa shape index (κ3) is 0.819. The highest BCUT2D eigenvalue weighted by Gasteiger charge is 2.46. The lowest BCUT2D eigenvalue weighted by atomic mass is 9.70. The van der Waals surface area contributed by atoms with Gasteiger partial charge in [-0.25, -0.2) is 0 Å². The zero-order valence-corrected chi connectivity index (χ0v) is 9.85. The fourth-order valence-electron chi connectivity index (χ4n) is 3.69. The molecule has 0 N–H and O–H groups in total. The number of nitrogens with zero attached hydrogens (tertiary/aromatic N) is 1. The van der Waals surface area contributed by atoms with Gasteiger partial charge in [-0.05, 0) is 34.8 Å². The minimum absolute atomic E-state index is 0.106. The van der Waals surface area contributed by atoms with Crippen molar-refractivity contribution >= 4 is 17.4 Å². The van der Waals surface area contributed by atoms with Crippen molar-refractivity contribution < 1.29 is 0 Å². The van der Waals surface area contributed by atoms with Crippen molar-refractivity contribution in [2.75, 3.05) is 0 Å². The van der Waals surface area contributed by atoms with E-state index in [0.29, 0.717) is 0 Å². The molecule has 0 fully saturated rings. The molecule has 1 aromatic rings. The van der Waals surface area contributed by atoms with Crippen molar-refractivity contribution in [2.45, 2.75) is 6.42 Å². The van der Waals surface area contributed by atoms with Gasteiger partial charge in [-0.1, -0.05) is 42.5 Å². The topological polar surface area (TPSA) is 12.4 Å². The summed E-state index contributed by atoms with van der Waals surface area (Å²) < 4.78 is 0. The third-order valence-corrected chi connectivity index (χ3v) is 4.46. The molecule has 1 unspecified atom stereocenters. The van der Waals surface area contributed by atoms with Crippen LogP contribution < -0.4 is 0 Å². The lowest BCUT2D eigenvalue weighted by Gasteiger charge is -2.32. The van der Waals surface area contributed by atoms with E-state index >= 15 is 0 Å². The van der Waals surface area contributed by atoms with E-state index < -0.39 is 0 Å². The van der Waals surface area contributed by atoms with Gasteiger partial charge < -0.3 is 0 Å². The van der Waals surface area contributed by atoms with E-state index in [2.05, 4.69) is 59.8 Å². The Morgan fingerprint density at radius 2 is 1.94 bits per heavy atom. The zero-order valence-electron chi connectivity index (χ0n) is 9.85. The molecule has 1 heterocycles. The minimum Gasteiger partial charge on any atom is -0.256 e. The van der Waals surface area contributed by atoms with Crippen molar-refractivity contribution in [3.63, 3.8) is 0 Å². The van der Waals surface area contributed by atoms with Crippen LogP contribution in [-0.4, -0.2) is 5.71 Å². The van der Waals surface area contributed by atoms with Crippen LogP contribution in [0.4, 0.5) is 0 Å². The van der Waals surface area contributed by atoms with Gasteiger partial charge in [-0.15, -0.1) is 0 Å². The first-order valence-electron chi connectivity index (χ1n) is 6.38. The van der Waals surface area contributed by atoms with E-state index in [1.54, 1.807) is 0 Å². The van der Waals surface area contributed by atoms with E-state index in [4.69, 9.17) is 0 Å². The second-order valence-electron chi connectivity index (χ2n) is 5.39. The molecule has 0 amide bonds. The summed E-state index contributed by atoms with van der Waals surface area (Å²) in [7, 11) is 0. The second kappa shape index (κ2) is 2.64.